The van der Waals surface area contributed by atoms with Crippen molar-refractivity contribution in [1.29, 1.82) is 0 Å². The molecule has 0 fully saturated rings. The number of halogens is 3. The molecule has 0 aromatic heterocycles. The van der Waals surface area contributed by atoms with Crippen LogP contribution < -0.4 is 5.11 Å². The van der Waals surface area contributed by atoms with Gasteiger partial charge >= 0.3 is 6.18 Å². The molecule has 0 unspecified atom stereocenters. The van der Waals surface area contributed by atoms with Crippen LogP contribution >= 0.6 is 0 Å². The summed E-state index contributed by atoms with van der Waals surface area (Å²) in [5, 5.41) is 10.9. The topological polar surface area (TPSA) is 40.1 Å². The van der Waals surface area contributed by atoms with Crippen LogP contribution in [0.3, 0.4) is 0 Å². The first-order valence-corrected chi connectivity index (χ1v) is 5.37. The highest BCUT2D eigenvalue weighted by Gasteiger charge is 2.30. The van der Waals surface area contributed by atoms with E-state index >= 15 is 0 Å². The van der Waals surface area contributed by atoms with Gasteiger partial charge in [0.25, 0.3) is 0 Å². The maximum absolute atomic E-state index is 12.4. The molecule has 0 aliphatic carbocycles. The van der Waals surface area contributed by atoms with E-state index in [0.717, 1.165) is 12.1 Å². The molecule has 2 nitrogen and oxygen atoms in total. The minimum Gasteiger partial charge on any atom is -0.545 e. The first-order valence-electron chi connectivity index (χ1n) is 5.37. The molecule has 0 amide bonds. The highest BCUT2D eigenvalue weighted by Crippen LogP contribution is 2.31. The van der Waals surface area contributed by atoms with Crippen LogP contribution in [0.25, 0.3) is 11.1 Å². The first kappa shape index (κ1) is 13.1. The fourth-order valence-corrected chi connectivity index (χ4v) is 1.75. The van der Waals surface area contributed by atoms with Gasteiger partial charge in [0.05, 0.1) is 11.5 Å². The number of alkyl halides is 3. The SMILES string of the molecule is O=C([O-])c1ccccc1-c1ccc(C(F)(F)F)cc1. The molecular formula is C14H8F3O2-. The maximum atomic E-state index is 12.4. The zero-order valence-corrected chi connectivity index (χ0v) is 9.57. The molecule has 0 saturated carbocycles. The normalized spacial score (nSPS) is 11.3. The summed E-state index contributed by atoms with van der Waals surface area (Å²) in [5.74, 6) is -1.37. The maximum Gasteiger partial charge on any atom is 0.416 e. The van der Waals surface area contributed by atoms with Gasteiger partial charge in [-0.1, -0.05) is 36.4 Å². The monoisotopic (exact) mass is 265 g/mol. The van der Waals surface area contributed by atoms with Gasteiger partial charge in [-0.15, -0.1) is 0 Å². The lowest BCUT2D eigenvalue weighted by atomic mass is 9.99. The van der Waals surface area contributed by atoms with E-state index in [2.05, 4.69) is 0 Å². The Morgan fingerprint density at radius 3 is 2.05 bits per heavy atom. The number of hydrogen-bond acceptors (Lipinski definition) is 2. The summed E-state index contributed by atoms with van der Waals surface area (Å²) in [6.07, 6.45) is -4.41. The van der Waals surface area contributed by atoms with E-state index in [1.54, 1.807) is 6.07 Å². The molecule has 2 aromatic carbocycles. The van der Waals surface area contributed by atoms with Gasteiger partial charge in [0.15, 0.2) is 0 Å². The molecule has 0 atom stereocenters. The molecule has 0 aliphatic rings. The van der Waals surface area contributed by atoms with Gasteiger partial charge in [-0.3, -0.25) is 0 Å². The third-order valence-corrected chi connectivity index (χ3v) is 2.67. The number of aromatic carboxylic acids is 1. The third kappa shape index (κ3) is 2.76. The lowest BCUT2D eigenvalue weighted by molar-refractivity contribution is -0.254. The van der Waals surface area contributed by atoms with E-state index in [1.165, 1.54) is 30.3 Å². The van der Waals surface area contributed by atoms with E-state index in [4.69, 9.17) is 0 Å². The number of carbonyl (C=O) groups excluding carboxylic acids is 1. The molecule has 2 rings (SSSR count). The van der Waals surface area contributed by atoms with Crippen LogP contribution in [0.5, 0.6) is 0 Å². The van der Waals surface area contributed by atoms with Crippen molar-refractivity contribution in [2.24, 2.45) is 0 Å². The second-order valence-electron chi connectivity index (χ2n) is 3.91. The zero-order valence-electron chi connectivity index (χ0n) is 9.57. The average Bonchev–Trinajstić information content (AvgIpc) is 2.38. The summed E-state index contributed by atoms with van der Waals surface area (Å²) in [4.78, 5) is 10.9. The van der Waals surface area contributed by atoms with Gasteiger partial charge < -0.3 is 9.90 Å². The summed E-state index contributed by atoms with van der Waals surface area (Å²) in [7, 11) is 0. The van der Waals surface area contributed by atoms with Crippen LogP contribution in [-0.4, -0.2) is 5.97 Å². The Balaban J connectivity index is 2.46. The fourth-order valence-electron chi connectivity index (χ4n) is 1.75. The van der Waals surface area contributed by atoms with Gasteiger partial charge in [0, 0.05) is 5.56 Å². The van der Waals surface area contributed by atoms with E-state index in [1.807, 2.05) is 0 Å². The quantitative estimate of drug-likeness (QED) is 0.837. The predicted octanol–water partition coefficient (Wildman–Crippen LogP) is 2.74. The van der Waals surface area contributed by atoms with E-state index in [0.29, 0.717) is 11.1 Å². The Morgan fingerprint density at radius 2 is 1.53 bits per heavy atom. The third-order valence-electron chi connectivity index (χ3n) is 2.67. The second-order valence-corrected chi connectivity index (χ2v) is 3.91. The molecule has 0 spiro atoms. The summed E-state index contributed by atoms with van der Waals surface area (Å²) in [6, 6.07) is 10.3. The van der Waals surface area contributed by atoms with Gasteiger partial charge in [-0.2, -0.15) is 13.2 Å². The van der Waals surface area contributed by atoms with Crippen molar-refractivity contribution in [2.75, 3.05) is 0 Å². The Morgan fingerprint density at radius 1 is 0.947 bits per heavy atom. The summed E-state index contributed by atoms with van der Waals surface area (Å²) in [5.41, 5.74) is -0.103. The largest absolute Gasteiger partial charge is 0.545 e. The molecule has 0 N–H and O–H groups in total. The van der Waals surface area contributed by atoms with Crippen molar-refractivity contribution in [3.8, 4) is 11.1 Å². The van der Waals surface area contributed by atoms with Crippen molar-refractivity contribution in [3.63, 3.8) is 0 Å². The highest BCUT2D eigenvalue weighted by molar-refractivity contribution is 5.94. The minimum atomic E-state index is -4.41. The molecule has 0 saturated heterocycles. The smallest absolute Gasteiger partial charge is 0.416 e. The van der Waals surface area contributed by atoms with E-state index in [-0.39, 0.29) is 5.56 Å². The summed E-state index contributed by atoms with van der Waals surface area (Å²) >= 11 is 0. The number of carbonyl (C=O) groups is 1. The van der Waals surface area contributed by atoms with Crippen LogP contribution in [0.1, 0.15) is 15.9 Å². The lowest BCUT2D eigenvalue weighted by Crippen LogP contribution is -2.22. The number of rotatable bonds is 2. The molecule has 0 bridgehead atoms. The molecular weight excluding hydrogens is 257 g/mol. The number of carboxylic acid groups (broad SMARTS) is 1. The number of hydrogen-bond donors (Lipinski definition) is 0. The highest BCUT2D eigenvalue weighted by atomic mass is 19.4. The van der Waals surface area contributed by atoms with Crippen LogP contribution in [0.2, 0.25) is 0 Å². The predicted molar refractivity (Wildman–Crippen MR) is 61.2 cm³/mol. The van der Waals surface area contributed by atoms with Gasteiger partial charge in [-0.05, 0) is 23.3 Å². The van der Waals surface area contributed by atoms with Gasteiger partial charge in [-0.25, -0.2) is 0 Å². The van der Waals surface area contributed by atoms with Gasteiger partial charge in [0.1, 0.15) is 0 Å². The molecule has 2 aromatic rings. The van der Waals surface area contributed by atoms with Crippen LogP contribution in [0, 0.1) is 0 Å². The van der Waals surface area contributed by atoms with Crippen molar-refractivity contribution >= 4 is 5.97 Å². The summed E-state index contributed by atoms with van der Waals surface area (Å²) < 4.78 is 37.3. The zero-order chi connectivity index (χ0) is 14.0. The minimum absolute atomic E-state index is 0.0535. The van der Waals surface area contributed by atoms with Crippen molar-refractivity contribution in [2.45, 2.75) is 6.18 Å². The molecule has 0 heterocycles. The van der Waals surface area contributed by atoms with Crippen molar-refractivity contribution in [1.82, 2.24) is 0 Å². The Kier molecular flexibility index (Phi) is 3.29. The van der Waals surface area contributed by atoms with E-state index in [9.17, 15) is 23.1 Å². The van der Waals surface area contributed by atoms with Crippen LogP contribution in [-0.2, 0) is 6.18 Å². The second kappa shape index (κ2) is 4.76. The average molecular weight is 265 g/mol. The Labute approximate surface area is 107 Å². The van der Waals surface area contributed by atoms with E-state index < -0.39 is 17.7 Å². The van der Waals surface area contributed by atoms with Crippen LogP contribution in [0.4, 0.5) is 13.2 Å². The fraction of sp³-hybridized carbons (Fsp3) is 0.0714. The number of benzene rings is 2. The Hall–Kier alpha value is -2.30. The standard InChI is InChI=1S/C14H9F3O2/c15-14(16,17)10-7-5-9(6-8-10)11-3-1-2-4-12(11)13(18)19/h1-8H,(H,18,19)/p-1. The van der Waals surface area contributed by atoms with Crippen molar-refractivity contribution < 1.29 is 23.1 Å². The van der Waals surface area contributed by atoms with Crippen molar-refractivity contribution in [3.05, 3.63) is 59.7 Å². The van der Waals surface area contributed by atoms with Crippen LogP contribution in [0.15, 0.2) is 48.5 Å². The molecule has 98 valence electrons. The molecule has 0 radical (unpaired) electrons. The number of carboxylic acids is 1. The van der Waals surface area contributed by atoms with Gasteiger partial charge in [0.2, 0.25) is 0 Å². The Bertz CT molecular complexity index is 601. The molecule has 5 heteroatoms. The first-order chi connectivity index (χ1) is 8.89. The molecule has 0 aliphatic heterocycles. The lowest BCUT2D eigenvalue weighted by Gasteiger charge is -2.11. The summed E-state index contributed by atoms with van der Waals surface area (Å²) in [6.45, 7) is 0. The molecule has 19 heavy (non-hydrogen) atoms.